The maximum absolute atomic E-state index is 12.1. The van der Waals surface area contributed by atoms with E-state index in [0.29, 0.717) is 24.4 Å². The van der Waals surface area contributed by atoms with E-state index in [1.54, 1.807) is 19.9 Å². The van der Waals surface area contributed by atoms with Crippen molar-refractivity contribution >= 4 is 29.1 Å². The molecule has 0 fully saturated rings. The van der Waals surface area contributed by atoms with Crippen LogP contribution in [-0.2, 0) is 16.0 Å². The number of rotatable bonds is 4. The topological polar surface area (TPSA) is 96.3 Å². The maximum atomic E-state index is 12.1. The van der Waals surface area contributed by atoms with Gasteiger partial charge in [-0.1, -0.05) is 5.16 Å². The van der Waals surface area contributed by atoms with Crippen LogP contribution in [0, 0.1) is 6.92 Å². The van der Waals surface area contributed by atoms with E-state index in [0.717, 1.165) is 16.9 Å². The Labute approximate surface area is 133 Å². The molecular formula is C16H18N4O3. The van der Waals surface area contributed by atoms with Crippen molar-refractivity contribution in [1.82, 2.24) is 5.16 Å². The second kappa shape index (κ2) is 6.12. The summed E-state index contributed by atoms with van der Waals surface area (Å²) in [6, 6.07) is 6.85. The number of carbonyl (C=O) groups excluding carboxylic acids is 2. The van der Waals surface area contributed by atoms with Crippen LogP contribution in [0.1, 0.15) is 24.6 Å². The number of carbonyl (C=O) groups is 2. The van der Waals surface area contributed by atoms with Gasteiger partial charge in [-0.3, -0.25) is 14.9 Å². The normalized spacial score (nSPS) is 14.6. The summed E-state index contributed by atoms with van der Waals surface area (Å²) in [7, 11) is 0. The summed E-state index contributed by atoms with van der Waals surface area (Å²) in [5, 5.41) is 12.4. The summed E-state index contributed by atoms with van der Waals surface area (Å²) in [6.45, 7) is 3.55. The van der Waals surface area contributed by atoms with Crippen molar-refractivity contribution in [3.05, 3.63) is 35.5 Å². The van der Waals surface area contributed by atoms with E-state index in [-0.39, 0.29) is 11.8 Å². The standard InChI is InChI=1S/C16H18N4O3/c1-9-7-15(23-20-9)19-16(22)10(2)17-12-4-5-13-11(8-12)3-6-14(21)18-13/h4-5,7-8,10,17H,3,6H2,1-2H3,(H,18,21)(H,19,22)/t10-/m1/s1. The van der Waals surface area contributed by atoms with Gasteiger partial charge in [0.2, 0.25) is 17.7 Å². The number of nitrogens with one attached hydrogen (secondary N) is 3. The average Bonchev–Trinajstić information content (AvgIpc) is 2.92. The molecule has 1 aliphatic heterocycles. The highest BCUT2D eigenvalue weighted by Gasteiger charge is 2.17. The molecule has 1 aromatic carbocycles. The molecule has 3 N–H and O–H groups in total. The molecule has 0 radical (unpaired) electrons. The first-order valence-electron chi connectivity index (χ1n) is 7.45. The third kappa shape index (κ3) is 3.50. The Morgan fingerprint density at radius 2 is 2.17 bits per heavy atom. The van der Waals surface area contributed by atoms with Gasteiger partial charge in [-0.2, -0.15) is 0 Å². The number of aryl methyl sites for hydroxylation is 2. The van der Waals surface area contributed by atoms with Crippen LogP contribution in [0.3, 0.4) is 0 Å². The number of fused-ring (bicyclic) bond motifs is 1. The number of anilines is 3. The monoisotopic (exact) mass is 314 g/mol. The summed E-state index contributed by atoms with van der Waals surface area (Å²) in [5.41, 5.74) is 3.43. The van der Waals surface area contributed by atoms with E-state index in [4.69, 9.17) is 4.52 Å². The number of aromatic nitrogens is 1. The molecule has 3 rings (SSSR count). The Morgan fingerprint density at radius 3 is 2.91 bits per heavy atom. The summed E-state index contributed by atoms with van der Waals surface area (Å²) in [4.78, 5) is 23.5. The highest BCUT2D eigenvalue weighted by atomic mass is 16.5. The lowest BCUT2D eigenvalue weighted by atomic mass is 10.0. The minimum Gasteiger partial charge on any atom is -0.374 e. The fraction of sp³-hybridized carbons (Fsp3) is 0.312. The van der Waals surface area contributed by atoms with Gasteiger partial charge in [0.15, 0.2) is 0 Å². The molecule has 0 spiro atoms. The first-order valence-corrected chi connectivity index (χ1v) is 7.45. The third-order valence-electron chi connectivity index (χ3n) is 3.65. The van der Waals surface area contributed by atoms with Crippen LogP contribution >= 0.6 is 0 Å². The molecule has 0 bridgehead atoms. The molecule has 7 nitrogen and oxygen atoms in total. The molecule has 1 atom stereocenters. The molecule has 0 unspecified atom stereocenters. The third-order valence-corrected chi connectivity index (χ3v) is 3.65. The van der Waals surface area contributed by atoms with Crippen molar-refractivity contribution in [1.29, 1.82) is 0 Å². The first-order chi connectivity index (χ1) is 11.0. The number of hydrogen-bond acceptors (Lipinski definition) is 5. The van der Waals surface area contributed by atoms with Gasteiger partial charge in [0.1, 0.15) is 6.04 Å². The molecule has 120 valence electrons. The Kier molecular flexibility index (Phi) is 4.01. The molecule has 2 amide bonds. The molecule has 1 aromatic heterocycles. The van der Waals surface area contributed by atoms with Gasteiger partial charge in [0, 0.05) is 23.9 Å². The number of nitrogens with zero attached hydrogens (tertiary/aromatic N) is 1. The van der Waals surface area contributed by atoms with Crippen molar-refractivity contribution in [2.24, 2.45) is 0 Å². The van der Waals surface area contributed by atoms with Gasteiger partial charge in [0.25, 0.3) is 0 Å². The van der Waals surface area contributed by atoms with Gasteiger partial charge >= 0.3 is 0 Å². The molecule has 0 aliphatic carbocycles. The van der Waals surface area contributed by atoms with Crippen LogP contribution in [0.25, 0.3) is 0 Å². The predicted octanol–water partition coefficient (Wildman–Crippen LogP) is 2.31. The van der Waals surface area contributed by atoms with E-state index in [9.17, 15) is 9.59 Å². The van der Waals surface area contributed by atoms with Crippen LogP contribution in [-0.4, -0.2) is 23.0 Å². The van der Waals surface area contributed by atoms with Crippen LogP contribution < -0.4 is 16.0 Å². The predicted molar refractivity (Wildman–Crippen MR) is 86.3 cm³/mol. The Balaban J connectivity index is 1.64. The zero-order chi connectivity index (χ0) is 16.4. The largest absolute Gasteiger partial charge is 0.374 e. The van der Waals surface area contributed by atoms with E-state index < -0.39 is 6.04 Å². The minimum absolute atomic E-state index is 0.0355. The number of hydrogen-bond donors (Lipinski definition) is 3. The van der Waals surface area contributed by atoms with Gasteiger partial charge in [-0.05, 0) is 44.0 Å². The molecule has 23 heavy (non-hydrogen) atoms. The number of amides is 2. The van der Waals surface area contributed by atoms with Crippen molar-refractivity contribution < 1.29 is 14.1 Å². The maximum Gasteiger partial charge on any atom is 0.248 e. The Bertz CT molecular complexity index is 754. The SMILES string of the molecule is Cc1cc(NC(=O)[C@@H](C)Nc2ccc3c(c2)CCC(=O)N3)on1. The zero-order valence-corrected chi connectivity index (χ0v) is 13.0. The first kappa shape index (κ1) is 15.1. The lowest BCUT2D eigenvalue weighted by Gasteiger charge is -2.19. The van der Waals surface area contributed by atoms with Gasteiger partial charge in [-0.25, -0.2) is 0 Å². The lowest BCUT2D eigenvalue weighted by Crippen LogP contribution is -2.31. The smallest absolute Gasteiger partial charge is 0.248 e. The second-order valence-corrected chi connectivity index (χ2v) is 5.61. The average molecular weight is 314 g/mol. The molecule has 0 saturated carbocycles. The van der Waals surface area contributed by atoms with Crippen LogP contribution in [0.5, 0.6) is 0 Å². The molecule has 7 heteroatoms. The van der Waals surface area contributed by atoms with E-state index in [2.05, 4.69) is 21.1 Å². The summed E-state index contributed by atoms with van der Waals surface area (Å²) < 4.78 is 4.97. The fourth-order valence-corrected chi connectivity index (χ4v) is 2.44. The minimum atomic E-state index is -0.448. The van der Waals surface area contributed by atoms with Gasteiger partial charge in [-0.15, -0.1) is 0 Å². The molecule has 1 aliphatic rings. The van der Waals surface area contributed by atoms with E-state index in [1.165, 1.54) is 0 Å². The van der Waals surface area contributed by atoms with Gasteiger partial charge in [0.05, 0.1) is 5.69 Å². The molecule has 2 heterocycles. The van der Waals surface area contributed by atoms with E-state index in [1.807, 2.05) is 18.2 Å². The van der Waals surface area contributed by atoms with Gasteiger partial charge < -0.3 is 15.2 Å². The summed E-state index contributed by atoms with van der Waals surface area (Å²) in [6.07, 6.45) is 1.19. The van der Waals surface area contributed by atoms with Crippen LogP contribution in [0.15, 0.2) is 28.8 Å². The second-order valence-electron chi connectivity index (χ2n) is 5.61. The summed E-state index contributed by atoms with van der Waals surface area (Å²) in [5.74, 6) is 0.148. The van der Waals surface area contributed by atoms with E-state index >= 15 is 0 Å². The molecule has 0 saturated heterocycles. The van der Waals surface area contributed by atoms with Crippen molar-refractivity contribution in [3.8, 4) is 0 Å². The fourth-order valence-electron chi connectivity index (χ4n) is 2.44. The van der Waals surface area contributed by atoms with Crippen LogP contribution in [0.4, 0.5) is 17.3 Å². The highest BCUT2D eigenvalue weighted by molar-refractivity contribution is 5.96. The molecule has 2 aromatic rings. The zero-order valence-electron chi connectivity index (χ0n) is 13.0. The highest BCUT2D eigenvalue weighted by Crippen LogP contribution is 2.26. The quantitative estimate of drug-likeness (QED) is 0.804. The van der Waals surface area contributed by atoms with Crippen molar-refractivity contribution in [2.75, 3.05) is 16.0 Å². The number of benzene rings is 1. The van der Waals surface area contributed by atoms with Crippen molar-refractivity contribution in [2.45, 2.75) is 32.7 Å². The van der Waals surface area contributed by atoms with Crippen LogP contribution in [0.2, 0.25) is 0 Å². The van der Waals surface area contributed by atoms with Crippen molar-refractivity contribution in [3.63, 3.8) is 0 Å². The Morgan fingerprint density at radius 1 is 1.35 bits per heavy atom. The Hall–Kier alpha value is -2.83. The lowest BCUT2D eigenvalue weighted by molar-refractivity contribution is -0.117. The summed E-state index contributed by atoms with van der Waals surface area (Å²) >= 11 is 0. The molecular weight excluding hydrogens is 296 g/mol.